The van der Waals surface area contributed by atoms with Gasteiger partial charge in [0, 0.05) is 31.2 Å². The number of hydrogen-bond donors (Lipinski definition) is 1. The molecule has 1 aliphatic carbocycles. The van der Waals surface area contributed by atoms with Gasteiger partial charge in [-0.2, -0.15) is 0 Å². The average Bonchev–Trinajstić information content (AvgIpc) is 2.96. The Morgan fingerprint density at radius 3 is 2.17 bits per heavy atom. The van der Waals surface area contributed by atoms with Crippen LogP contribution in [-0.4, -0.2) is 30.6 Å². The van der Waals surface area contributed by atoms with Crippen LogP contribution in [0.25, 0.3) is 0 Å². The number of hydrogen-bond acceptors (Lipinski definition) is 3. The van der Waals surface area contributed by atoms with E-state index in [4.69, 9.17) is 17.2 Å². The van der Waals surface area contributed by atoms with E-state index in [0.29, 0.717) is 5.11 Å². The highest BCUT2D eigenvalue weighted by atomic mass is 32.1. The number of aryl methyl sites for hydroxylation is 2. The second-order valence-electron chi connectivity index (χ2n) is 8.47. The molecule has 0 unspecified atom stereocenters. The fourth-order valence-corrected chi connectivity index (χ4v) is 5.04. The van der Waals surface area contributed by atoms with Crippen molar-refractivity contribution in [3.8, 4) is 0 Å². The number of nitrogens with zero attached hydrogens (tertiary/aromatic N) is 3. The topological polar surface area (TPSA) is 30.9 Å². The first-order valence-corrected chi connectivity index (χ1v) is 10.9. The molecule has 0 bridgehead atoms. The number of thiocarbonyl (C=S) groups is 1. The highest BCUT2D eigenvalue weighted by molar-refractivity contribution is 7.80. The predicted molar refractivity (Wildman–Crippen MR) is 129 cm³/mol. The lowest BCUT2D eigenvalue weighted by atomic mass is 9.79. The summed E-state index contributed by atoms with van der Waals surface area (Å²) < 4.78 is 0. The Hall–Kier alpha value is -2.40. The molecule has 2 aromatic carbocycles. The number of amidine groups is 1. The summed E-state index contributed by atoms with van der Waals surface area (Å²) in [6, 6.07) is 15.1. The van der Waals surface area contributed by atoms with Crippen molar-refractivity contribution in [3.63, 3.8) is 0 Å². The number of para-hydroxylation sites is 1. The van der Waals surface area contributed by atoms with Crippen LogP contribution >= 0.6 is 12.2 Å². The molecule has 5 heteroatoms. The zero-order chi connectivity index (χ0) is 20.6. The molecule has 0 amide bonds. The summed E-state index contributed by atoms with van der Waals surface area (Å²) in [7, 11) is 4.13. The van der Waals surface area contributed by atoms with Gasteiger partial charge in [-0.3, -0.25) is 0 Å². The van der Waals surface area contributed by atoms with Gasteiger partial charge in [-0.05, 0) is 74.3 Å². The smallest absolute Gasteiger partial charge is 0.202 e. The van der Waals surface area contributed by atoms with Crippen molar-refractivity contribution in [1.29, 1.82) is 0 Å². The van der Waals surface area contributed by atoms with Crippen LogP contribution in [0.1, 0.15) is 43.2 Å². The van der Waals surface area contributed by atoms with E-state index in [1.165, 1.54) is 36.1 Å². The van der Waals surface area contributed by atoms with Crippen LogP contribution in [0.5, 0.6) is 0 Å². The molecule has 4 nitrogen and oxygen atoms in total. The molecule has 1 aliphatic heterocycles. The Bertz CT molecular complexity index is 920. The highest BCUT2D eigenvalue weighted by Gasteiger charge is 2.49. The van der Waals surface area contributed by atoms with Crippen LogP contribution in [0.4, 0.5) is 17.1 Å². The first-order valence-electron chi connectivity index (χ1n) is 10.5. The molecule has 1 heterocycles. The summed E-state index contributed by atoms with van der Waals surface area (Å²) >= 11 is 5.81. The van der Waals surface area contributed by atoms with Crippen molar-refractivity contribution in [1.82, 2.24) is 0 Å². The number of rotatable bonds is 3. The highest BCUT2D eigenvalue weighted by Crippen LogP contribution is 2.42. The van der Waals surface area contributed by atoms with E-state index in [0.717, 1.165) is 30.1 Å². The van der Waals surface area contributed by atoms with Crippen LogP contribution in [0.3, 0.4) is 0 Å². The summed E-state index contributed by atoms with van der Waals surface area (Å²) in [5.41, 5.74) is 5.76. The molecule has 1 N–H and O–H groups in total. The van der Waals surface area contributed by atoms with E-state index in [-0.39, 0.29) is 5.54 Å². The molecular formula is C24H30N4S. The number of benzene rings is 2. The summed E-state index contributed by atoms with van der Waals surface area (Å²) in [5, 5.41) is 4.38. The predicted octanol–water partition coefficient (Wildman–Crippen LogP) is 5.69. The minimum absolute atomic E-state index is 0.177. The number of nitrogens with one attached hydrogen (secondary N) is 1. The van der Waals surface area contributed by atoms with E-state index >= 15 is 0 Å². The van der Waals surface area contributed by atoms with Gasteiger partial charge >= 0.3 is 0 Å². The van der Waals surface area contributed by atoms with Gasteiger partial charge < -0.3 is 15.1 Å². The molecule has 29 heavy (non-hydrogen) atoms. The molecule has 0 atom stereocenters. The Balaban J connectivity index is 1.73. The van der Waals surface area contributed by atoms with E-state index in [1.807, 2.05) is 0 Å². The van der Waals surface area contributed by atoms with Gasteiger partial charge in [0.2, 0.25) is 5.11 Å². The third-order valence-electron chi connectivity index (χ3n) is 6.30. The summed E-state index contributed by atoms with van der Waals surface area (Å²) in [6.45, 7) is 4.29. The molecule has 0 saturated heterocycles. The van der Waals surface area contributed by atoms with Crippen LogP contribution < -0.4 is 15.1 Å². The minimum atomic E-state index is -0.177. The zero-order valence-electron chi connectivity index (χ0n) is 17.8. The second-order valence-corrected chi connectivity index (χ2v) is 8.84. The van der Waals surface area contributed by atoms with Crippen LogP contribution in [-0.2, 0) is 0 Å². The van der Waals surface area contributed by atoms with Gasteiger partial charge in [0.15, 0.2) is 0 Å². The van der Waals surface area contributed by atoms with Crippen LogP contribution in [0, 0.1) is 13.8 Å². The van der Waals surface area contributed by atoms with Gasteiger partial charge in [0.1, 0.15) is 11.4 Å². The van der Waals surface area contributed by atoms with Crippen molar-refractivity contribution in [2.75, 3.05) is 29.2 Å². The Morgan fingerprint density at radius 1 is 0.966 bits per heavy atom. The van der Waals surface area contributed by atoms with Crippen LogP contribution in [0.2, 0.25) is 0 Å². The van der Waals surface area contributed by atoms with E-state index < -0.39 is 0 Å². The van der Waals surface area contributed by atoms with Crippen molar-refractivity contribution in [2.45, 2.75) is 51.5 Å². The van der Waals surface area contributed by atoms with Crippen molar-refractivity contribution >= 4 is 40.2 Å². The fourth-order valence-electron chi connectivity index (χ4n) is 4.67. The van der Waals surface area contributed by atoms with Gasteiger partial charge in [0.25, 0.3) is 0 Å². The first-order chi connectivity index (χ1) is 13.9. The van der Waals surface area contributed by atoms with Gasteiger partial charge in [-0.25, -0.2) is 4.99 Å². The molecule has 152 valence electrons. The maximum absolute atomic E-state index is 5.81. The zero-order valence-corrected chi connectivity index (χ0v) is 18.6. The van der Waals surface area contributed by atoms with Crippen molar-refractivity contribution in [3.05, 3.63) is 53.6 Å². The van der Waals surface area contributed by atoms with Gasteiger partial charge in [-0.15, -0.1) is 0 Å². The molecule has 1 fully saturated rings. The van der Waals surface area contributed by atoms with Crippen molar-refractivity contribution < 1.29 is 0 Å². The quantitative estimate of drug-likeness (QED) is 0.664. The lowest BCUT2D eigenvalue weighted by molar-refractivity contribution is 0.386. The minimum Gasteiger partial charge on any atom is -0.378 e. The maximum Gasteiger partial charge on any atom is 0.202 e. The molecular weight excluding hydrogens is 376 g/mol. The molecule has 2 aromatic rings. The largest absolute Gasteiger partial charge is 0.378 e. The molecule has 0 aromatic heterocycles. The van der Waals surface area contributed by atoms with E-state index in [1.54, 1.807) is 0 Å². The molecule has 2 aliphatic rings. The number of aliphatic imine (C=N–C) groups is 1. The van der Waals surface area contributed by atoms with Gasteiger partial charge in [-0.1, -0.05) is 37.5 Å². The summed E-state index contributed by atoms with van der Waals surface area (Å²) in [4.78, 5) is 9.33. The first kappa shape index (κ1) is 19.9. The third kappa shape index (κ3) is 3.52. The van der Waals surface area contributed by atoms with Crippen LogP contribution in [0.15, 0.2) is 47.5 Å². The fraction of sp³-hybridized carbons (Fsp3) is 0.417. The monoisotopic (exact) mass is 406 g/mol. The van der Waals surface area contributed by atoms with Gasteiger partial charge in [0.05, 0.1) is 0 Å². The molecule has 1 spiro atoms. The normalized spacial score (nSPS) is 18.1. The number of anilines is 3. The summed E-state index contributed by atoms with van der Waals surface area (Å²) in [6.07, 6.45) is 5.81. The molecule has 0 radical (unpaired) electrons. The maximum atomic E-state index is 5.81. The molecule has 1 saturated carbocycles. The SMILES string of the molecule is Cc1cccc(C)c1NC1=NC(=S)N(c2ccc(N(C)C)cc2)C12CCCCC2. The second kappa shape index (κ2) is 7.79. The Kier molecular flexibility index (Phi) is 5.34. The summed E-state index contributed by atoms with van der Waals surface area (Å²) in [5.74, 6) is 1.01. The molecule has 4 rings (SSSR count). The third-order valence-corrected chi connectivity index (χ3v) is 6.57. The van der Waals surface area contributed by atoms with Crippen molar-refractivity contribution in [2.24, 2.45) is 4.99 Å². The lowest BCUT2D eigenvalue weighted by Crippen LogP contribution is -2.55. The lowest BCUT2D eigenvalue weighted by Gasteiger charge is -2.43. The average molecular weight is 407 g/mol. The Morgan fingerprint density at radius 2 is 1.59 bits per heavy atom. The Labute approximate surface area is 179 Å². The van der Waals surface area contributed by atoms with E-state index in [2.05, 4.69) is 85.5 Å². The standard InChI is InChI=1S/C24H30N4S/c1-17-9-8-10-18(2)21(17)25-22-24(15-6-5-7-16-24)28(23(29)26-22)20-13-11-19(12-14-20)27(3)4/h8-14H,5-7,15-16H2,1-4H3,(H,25,26,29). The van der Waals surface area contributed by atoms with E-state index in [9.17, 15) is 0 Å².